The maximum absolute atomic E-state index is 12.0. The summed E-state index contributed by atoms with van der Waals surface area (Å²) in [6, 6.07) is 9.68. The van der Waals surface area contributed by atoms with Crippen LogP contribution in [0.25, 0.3) is 11.4 Å². The number of allylic oxidation sites excluding steroid dienone is 3. The maximum atomic E-state index is 12.0. The Morgan fingerprint density at radius 2 is 2.06 bits per heavy atom. The Balaban J connectivity index is 2.32. The highest BCUT2D eigenvalue weighted by molar-refractivity contribution is 6.09. The molecule has 0 spiro atoms. The van der Waals surface area contributed by atoms with Crippen molar-refractivity contribution in [1.82, 2.24) is 9.97 Å². The smallest absolute Gasteiger partial charge is 0.210 e. The van der Waals surface area contributed by atoms with Crippen LogP contribution >= 0.6 is 0 Å². The molecule has 2 rings (SSSR count). The number of hydrogen-bond acceptors (Lipinski definition) is 2. The molecule has 1 N–H and O–H groups in total. The molecule has 0 amide bonds. The van der Waals surface area contributed by atoms with Gasteiger partial charge in [0.2, 0.25) is 5.78 Å². The highest BCUT2D eigenvalue weighted by Gasteiger charge is 2.12. The molecule has 1 aromatic heterocycles. The number of aromatic nitrogens is 2. The molecule has 0 aliphatic carbocycles. The number of carbonyl (C=O) groups excluding carboxylic acids is 1. The van der Waals surface area contributed by atoms with Crippen molar-refractivity contribution < 1.29 is 4.79 Å². The van der Waals surface area contributed by atoms with Crippen LogP contribution in [0.15, 0.2) is 60.8 Å². The van der Waals surface area contributed by atoms with E-state index in [0.29, 0.717) is 17.1 Å². The minimum Gasteiger partial charge on any atom is -0.335 e. The number of nitrogens with zero attached hydrogens (tertiary/aromatic N) is 1. The van der Waals surface area contributed by atoms with E-state index in [1.165, 1.54) is 0 Å². The van der Waals surface area contributed by atoms with Crippen molar-refractivity contribution in [1.29, 1.82) is 0 Å². The van der Waals surface area contributed by atoms with E-state index in [1.54, 1.807) is 18.3 Å². The summed E-state index contributed by atoms with van der Waals surface area (Å²) in [6.07, 6.45) is 4.83. The predicted molar refractivity (Wildman–Crippen MR) is 72.3 cm³/mol. The Labute approximate surface area is 106 Å². The van der Waals surface area contributed by atoms with Gasteiger partial charge in [-0.05, 0) is 6.92 Å². The fraction of sp³-hybridized carbons (Fsp3) is 0.0667. The van der Waals surface area contributed by atoms with Crippen molar-refractivity contribution in [3.05, 3.63) is 66.5 Å². The first kappa shape index (κ1) is 12.0. The lowest BCUT2D eigenvalue weighted by Crippen LogP contribution is -2.01. The molecular weight excluding hydrogens is 224 g/mol. The zero-order valence-electron chi connectivity index (χ0n) is 10.2. The van der Waals surface area contributed by atoms with Crippen LogP contribution in [-0.2, 0) is 0 Å². The van der Waals surface area contributed by atoms with E-state index >= 15 is 0 Å². The third kappa shape index (κ3) is 2.30. The molecule has 0 atom stereocenters. The van der Waals surface area contributed by atoms with Gasteiger partial charge in [0.25, 0.3) is 0 Å². The molecule has 0 aliphatic heterocycles. The molecule has 0 unspecified atom stereocenters. The summed E-state index contributed by atoms with van der Waals surface area (Å²) in [4.78, 5) is 19.3. The van der Waals surface area contributed by atoms with Crippen LogP contribution in [0.5, 0.6) is 0 Å². The number of ketones is 1. The summed E-state index contributed by atoms with van der Waals surface area (Å²) in [5, 5.41) is 0. The van der Waals surface area contributed by atoms with Gasteiger partial charge in [0.05, 0.1) is 6.20 Å². The number of H-pyrrole nitrogens is 1. The Kier molecular flexibility index (Phi) is 3.53. The van der Waals surface area contributed by atoms with E-state index in [9.17, 15) is 4.79 Å². The van der Waals surface area contributed by atoms with Gasteiger partial charge in [-0.2, -0.15) is 0 Å². The monoisotopic (exact) mass is 238 g/mol. The molecule has 2 aromatic rings. The van der Waals surface area contributed by atoms with E-state index in [0.717, 1.165) is 5.56 Å². The summed E-state index contributed by atoms with van der Waals surface area (Å²) in [5.74, 6) is 0.598. The van der Waals surface area contributed by atoms with E-state index in [-0.39, 0.29) is 5.78 Å². The summed E-state index contributed by atoms with van der Waals surface area (Å²) < 4.78 is 0. The van der Waals surface area contributed by atoms with Gasteiger partial charge in [-0.1, -0.05) is 49.1 Å². The number of carbonyl (C=O) groups is 1. The number of Topliss-reactive ketones (excluding diaryl/α,β-unsaturated/α-hetero) is 1. The van der Waals surface area contributed by atoms with E-state index in [1.807, 2.05) is 37.3 Å². The van der Waals surface area contributed by atoms with Gasteiger partial charge in [-0.3, -0.25) is 4.79 Å². The second-order valence-corrected chi connectivity index (χ2v) is 3.79. The van der Waals surface area contributed by atoms with E-state index in [2.05, 4.69) is 16.5 Å². The maximum Gasteiger partial charge on any atom is 0.210 e. The Morgan fingerprint density at radius 1 is 1.33 bits per heavy atom. The number of hydrogen-bond donors (Lipinski definition) is 1. The molecule has 0 saturated heterocycles. The zero-order chi connectivity index (χ0) is 13.0. The lowest BCUT2D eigenvalue weighted by molar-refractivity contribution is 0.103. The normalized spacial score (nSPS) is 11.3. The summed E-state index contributed by atoms with van der Waals surface area (Å²) in [7, 11) is 0. The second-order valence-electron chi connectivity index (χ2n) is 3.79. The first-order valence-corrected chi connectivity index (χ1v) is 5.70. The number of rotatable bonds is 4. The van der Waals surface area contributed by atoms with Crippen LogP contribution in [0.2, 0.25) is 0 Å². The molecule has 3 nitrogen and oxygen atoms in total. The molecule has 1 heterocycles. The van der Waals surface area contributed by atoms with Crippen molar-refractivity contribution in [3.8, 4) is 11.4 Å². The summed E-state index contributed by atoms with van der Waals surface area (Å²) >= 11 is 0. The molecule has 0 bridgehead atoms. The van der Waals surface area contributed by atoms with Crippen LogP contribution in [0.1, 0.15) is 17.4 Å². The standard InChI is InChI=1S/C15H14N2O/c1-3-11(4-2)14(18)13-10-16-15(17-13)12-8-6-5-7-9-12/h3-10H,1H2,2H3,(H,16,17)/b11-4+. The van der Waals surface area contributed by atoms with E-state index < -0.39 is 0 Å². The van der Waals surface area contributed by atoms with Crippen LogP contribution < -0.4 is 0 Å². The van der Waals surface area contributed by atoms with Crippen LogP contribution in [0.3, 0.4) is 0 Å². The van der Waals surface area contributed by atoms with Crippen LogP contribution in [-0.4, -0.2) is 15.8 Å². The number of aromatic amines is 1. The van der Waals surface area contributed by atoms with Crippen molar-refractivity contribution in [2.45, 2.75) is 6.92 Å². The zero-order valence-corrected chi connectivity index (χ0v) is 10.2. The summed E-state index contributed by atoms with van der Waals surface area (Å²) in [5.41, 5.74) is 2.00. The Morgan fingerprint density at radius 3 is 2.67 bits per heavy atom. The average Bonchev–Trinajstić information content (AvgIpc) is 2.90. The first-order valence-electron chi connectivity index (χ1n) is 5.70. The van der Waals surface area contributed by atoms with Crippen molar-refractivity contribution >= 4 is 5.78 Å². The van der Waals surface area contributed by atoms with E-state index in [4.69, 9.17) is 0 Å². The van der Waals surface area contributed by atoms with Crippen molar-refractivity contribution in [2.24, 2.45) is 0 Å². The lowest BCUT2D eigenvalue weighted by atomic mass is 10.1. The molecule has 0 aliphatic rings. The molecule has 90 valence electrons. The average molecular weight is 238 g/mol. The van der Waals surface area contributed by atoms with Gasteiger partial charge < -0.3 is 4.98 Å². The van der Waals surface area contributed by atoms with Crippen LogP contribution in [0, 0.1) is 0 Å². The SMILES string of the molecule is C=C/C(=C\C)C(=O)c1cnc(-c2ccccc2)[nH]1. The van der Waals surface area contributed by atoms with Gasteiger partial charge in [0.15, 0.2) is 0 Å². The highest BCUT2D eigenvalue weighted by atomic mass is 16.1. The molecule has 3 heteroatoms. The molecule has 18 heavy (non-hydrogen) atoms. The minimum absolute atomic E-state index is 0.0952. The van der Waals surface area contributed by atoms with Gasteiger partial charge in [0.1, 0.15) is 11.5 Å². The molecule has 0 radical (unpaired) electrons. The van der Waals surface area contributed by atoms with Gasteiger partial charge in [-0.25, -0.2) is 4.98 Å². The number of imidazole rings is 1. The highest BCUT2D eigenvalue weighted by Crippen LogP contribution is 2.16. The number of nitrogens with one attached hydrogen (secondary N) is 1. The quantitative estimate of drug-likeness (QED) is 0.504. The van der Waals surface area contributed by atoms with Crippen molar-refractivity contribution in [3.63, 3.8) is 0 Å². The molecular formula is C15H14N2O. The van der Waals surface area contributed by atoms with Gasteiger partial charge >= 0.3 is 0 Å². The molecule has 0 fully saturated rings. The third-order valence-corrected chi connectivity index (χ3v) is 2.66. The second kappa shape index (κ2) is 5.27. The third-order valence-electron chi connectivity index (χ3n) is 2.66. The predicted octanol–water partition coefficient (Wildman–Crippen LogP) is 3.39. The number of benzene rings is 1. The Bertz CT molecular complexity index is 594. The Hall–Kier alpha value is -2.42. The molecule has 0 saturated carbocycles. The largest absolute Gasteiger partial charge is 0.335 e. The van der Waals surface area contributed by atoms with Gasteiger partial charge in [-0.15, -0.1) is 0 Å². The minimum atomic E-state index is -0.0952. The lowest BCUT2D eigenvalue weighted by Gasteiger charge is -1.97. The van der Waals surface area contributed by atoms with Crippen molar-refractivity contribution in [2.75, 3.05) is 0 Å². The summed E-state index contributed by atoms with van der Waals surface area (Å²) in [6.45, 7) is 5.43. The molecule has 1 aromatic carbocycles. The van der Waals surface area contributed by atoms with Crippen LogP contribution in [0.4, 0.5) is 0 Å². The van der Waals surface area contributed by atoms with Gasteiger partial charge in [0, 0.05) is 11.1 Å². The fourth-order valence-corrected chi connectivity index (χ4v) is 1.68. The first-order chi connectivity index (χ1) is 8.76. The fourth-order valence-electron chi connectivity index (χ4n) is 1.68. The topological polar surface area (TPSA) is 45.8 Å².